The van der Waals surface area contributed by atoms with Crippen molar-refractivity contribution in [1.82, 2.24) is 34.9 Å². The summed E-state index contributed by atoms with van der Waals surface area (Å²) in [7, 11) is 2.26. The SMILES string of the molecule is CN1C2CCC1CN(c1ccc3ncc(-c4cnn([C@H]5C[C@H](CCCNc6ccc7c(c6)C(=O)N(C6CCC(=O)NC6=O)C7=O)C5)c4)nc3c1)C2. The van der Waals surface area contributed by atoms with Crippen LogP contribution in [0.1, 0.15) is 78.1 Å². The van der Waals surface area contributed by atoms with Crippen LogP contribution in [0.25, 0.3) is 22.3 Å². The number of likely N-dealkylation sites (N-methyl/N-ethyl adjacent to an activating group) is 1. The first-order valence-corrected chi connectivity index (χ1v) is 18.2. The summed E-state index contributed by atoms with van der Waals surface area (Å²) in [4.78, 5) is 65.7. The molecule has 4 amide bonds. The minimum absolute atomic E-state index is 0.0980. The summed E-state index contributed by atoms with van der Waals surface area (Å²) < 4.78 is 2.08. The van der Waals surface area contributed by atoms with Crippen LogP contribution >= 0.6 is 0 Å². The number of anilines is 2. The van der Waals surface area contributed by atoms with Gasteiger partial charge in [-0.1, -0.05) is 0 Å². The average Bonchev–Trinajstić information content (AvgIpc) is 3.73. The molecule has 1 saturated carbocycles. The van der Waals surface area contributed by atoms with Crippen molar-refractivity contribution in [2.75, 3.05) is 36.9 Å². The van der Waals surface area contributed by atoms with Crippen LogP contribution in [0.4, 0.5) is 11.4 Å². The van der Waals surface area contributed by atoms with Crippen molar-refractivity contribution < 1.29 is 19.2 Å². The van der Waals surface area contributed by atoms with Gasteiger partial charge in [0.2, 0.25) is 11.8 Å². The summed E-state index contributed by atoms with van der Waals surface area (Å²) in [5.41, 5.74) is 6.19. The number of carbonyl (C=O) groups is 4. The minimum atomic E-state index is -0.964. The number of fused-ring (bicyclic) bond motifs is 4. The van der Waals surface area contributed by atoms with E-state index in [0.717, 1.165) is 78.2 Å². The molecule has 2 aromatic carbocycles. The predicted molar refractivity (Wildman–Crippen MR) is 190 cm³/mol. The Morgan fingerprint density at radius 2 is 1.69 bits per heavy atom. The van der Waals surface area contributed by atoms with Gasteiger partial charge in [-0.2, -0.15) is 5.10 Å². The Hall–Kier alpha value is -5.17. The molecule has 4 fully saturated rings. The molecule has 3 unspecified atom stereocenters. The van der Waals surface area contributed by atoms with Crippen molar-refractivity contribution in [3.8, 4) is 11.3 Å². The smallest absolute Gasteiger partial charge is 0.262 e. The highest BCUT2D eigenvalue weighted by Crippen LogP contribution is 2.41. The Morgan fingerprint density at radius 1 is 0.882 bits per heavy atom. The number of nitrogens with zero attached hydrogens (tertiary/aromatic N) is 7. The molecular weight excluding hydrogens is 646 g/mol. The normalized spacial score (nSPS) is 26.1. The lowest BCUT2D eigenvalue weighted by atomic mass is 9.77. The molecule has 6 heterocycles. The number of rotatable bonds is 9. The molecule has 2 bridgehead atoms. The average molecular weight is 688 g/mol. The second-order valence-electron chi connectivity index (χ2n) is 14.9. The van der Waals surface area contributed by atoms with E-state index in [4.69, 9.17) is 15.1 Å². The molecular formula is C38H41N9O4. The van der Waals surface area contributed by atoms with Crippen LogP contribution in [0.2, 0.25) is 0 Å². The molecule has 3 saturated heterocycles. The number of piperazine rings is 1. The van der Waals surface area contributed by atoms with Gasteiger partial charge in [0.25, 0.3) is 11.8 Å². The quantitative estimate of drug-likeness (QED) is 0.196. The zero-order valence-electron chi connectivity index (χ0n) is 28.6. The Kier molecular flexibility index (Phi) is 7.82. The molecule has 2 aromatic heterocycles. The number of benzene rings is 2. The highest BCUT2D eigenvalue weighted by Gasteiger charge is 2.44. The van der Waals surface area contributed by atoms with Crippen LogP contribution < -0.4 is 15.5 Å². The van der Waals surface area contributed by atoms with E-state index in [1.807, 2.05) is 12.4 Å². The predicted octanol–water partition coefficient (Wildman–Crippen LogP) is 4.02. The van der Waals surface area contributed by atoms with Crippen molar-refractivity contribution in [2.45, 2.75) is 75.5 Å². The standard InChI is InChI=1S/C38H41N9O4/c1-44-26-5-6-27(44)21-45(20-26)25-7-9-31-32(16-25)42-33(18-40-31)23-17-41-46(19-23)28-13-22(14-28)3-2-12-39-24-4-8-29-30(15-24)38(51)47(37(29)50)34-10-11-35(48)43-36(34)49/h4,7-9,15-19,22,26-28,34,39H,2-3,5-6,10-14,20-21H2,1H3,(H,43,48,49)/t22-,26?,27?,28-,34?. The summed E-state index contributed by atoms with van der Waals surface area (Å²) in [5, 5.41) is 10.3. The van der Waals surface area contributed by atoms with Crippen LogP contribution in [0.5, 0.6) is 0 Å². The third kappa shape index (κ3) is 5.73. The van der Waals surface area contributed by atoms with E-state index >= 15 is 0 Å². The summed E-state index contributed by atoms with van der Waals surface area (Å²) in [6.07, 6.45) is 12.8. The monoisotopic (exact) mass is 687 g/mol. The topological polar surface area (TPSA) is 146 Å². The molecule has 0 radical (unpaired) electrons. The van der Waals surface area contributed by atoms with E-state index in [9.17, 15) is 19.2 Å². The van der Waals surface area contributed by atoms with E-state index < -0.39 is 23.8 Å². The molecule has 262 valence electrons. The van der Waals surface area contributed by atoms with Crippen molar-refractivity contribution in [1.29, 1.82) is 0 Å². The van der Waals surface area contributed by atoms with Gasteiger partial charge in [-0.25, -0.2) is 4.98 Å². The first kappa shape index (κ1) is 31.8. The van der Waals surface area contributed by atoms with Crippen molar-refractivity contribution in [3.63, 3.8) is 0 Å². The third-order valence-electron chi connectivity index (χ3n) is 11.8. The number of imide groups is 2. The van der Waals surface area contributed by atoms with Crippen molar-refractivity contribution in [3.05, 3.63) is 66.1 Å². The van der Waals surface area contributed by atoms with Gasteiger partial charge >= 0.3 is 0 Å². The molecule has 13 heteroatoms. The molecule has 13 nitrogen and oxygen atoms in total. The first-order chi connectivity index (χ1) is 24.8. The van der Waals surface area contributed by atoms with E-state index in [0.29, 0.717) is 24.0 Å². The summed E-state index contributed by atoms with van der Waals surface area (Å²) in [6, 6.07) is 12.2. The van der Waals surface area contributed by atoms with Crippen LogP contribution in [0.15, 0.2) is 55.0 Å². The Balaban J connectivity index is 0.762. The zero-order valence-corrected chi connectivity index (χ0v) is 28.6. The highest BCUT2D eigenvalue weighted by molar-refractivity contribution is 6.23. The van der Waals surface area contributed by atoms with E-state index in [2.05, 4.69) is 56.6 Å². The van der Waals surface area contributed by atoms with E-state index in [-0.39, 0.29) is 29.9 Å². The van der Waals surface area contributed by atoms with Crippen LogP contribution in [-0.2, 0) is 9.59 Å². The second-order valence-corrected chi connectivity index (χ2v) is 14.9. The fourth-order valence-corrected chi connectivity index (χ4v) is 8.69. The molecule has 51 heavy (non-hydrogen) atoms. The van der Waals surface area contributed by atoms with Gasteiger partial charge in [-0.15, -0.1) is 0 Å². The van der Waals surface area contributed by atoms with Crippen LogP contribution in [-0.4, -0.2) is 98.0 Å². The number of aromatic nitrogens is 4. The van der Waals surface area contributed by atoms with Gasteiger partial charge in [0.15, 0.2) is 0 Å². The lowest BCUT2D eigenvalue weighted by Gasteiger charge is -2.40. The fourth-order valence-electron chi connectivity index (χ4n) is 8.69. The van der Waals surface area contributed by atoms with Gasteiger partial charge < -0.3 is 10.2 Å². The molecule has 0 spiro atoms. The maximum atomic E-state index is 13.1. The third-order valence-corrected chi connectivity index (χ3v) is 11.8. The van der Waals surface area contributed by atoms with Crippen molar-refractivity contribution in [2.24, 2.45) is 5.92 Å². The summed E-state index contributed by atoms with van der Waals surface area (Å²) in [6.45, 7) is 2.86. The maximum absolute atomic E-state index is 13.1. The Labute approximate surface area is 295 Å². The lowest BCUT2D eigenvalue weighted by Crippen LogP contribution is -2.54. The molecule has 5 aliphatic rings. The van der Waals surface area contributed by atoms with Crippen LogP contribution in [0, 0.1) is 5.92 Å². The van der Waals surface area contributed by atoms with E-state index in [1.165, 1.54) is 18.5 Å². The number of piperidine rings is 1. The molecule has 9 rings (SSSR count). The van der Waals surface area contributed by atoms with E-state index in [1.54, 1.807) is 18.2 Å². The van der Waals surface area contributed by atoms with Gasteiger partial charge in [-0.3, -0.25) is 44.0 Å². The maximum Gasteiger partial charge on any atom is 0.262 e. The lowest BCUT2D eigenvalue weighted by molar-refractivity contribution is -0.136. The number of hydrogen-bond donors (Lipinski definition) is 2. The zero-order chi connectivity index (χ0) is 34.8. The molecule has 1 aliphatic carbocycles. The number of amides is 4. The fraction of sp³-hybridized carbons (Fsp3) is 0.447. The number of nitrogens with one attached hydrogen (secondary N) is 2. The summed E-state index contributed by atoms with van der Waals surface area (Å²) >= 11 is 0. The minimum Gasteiger partial charge on any atom is -0.385 e. The highest BCUT2D eigenvalue weighted by atomic mass is 16.2. The van der Waals surface area contributed by atoms with Gasteiger partial charge in [0.1, 0.15) is 6.04 Å². The van der Waals surface area contributed by atoms with Crippen LogP contribution in [0.3, 0.4) is 0 Å². The molecule has 3 atom stereocenters. The molecule has 2 N–H and O–H groups in total. The van der Waals surface area contributed by atoms with Gasteiger partial charge in [0, 0.05) is 61.3 Å². The second kappa shape index (κ2) is 12.6. The number of carbonyl (C=O) groups excluding carboxylic acids is 4. The Morgan fingerprint density at radius 3 is 2.49 bits per heavy atom. The number of hydrogen-bond acceptors (Lipinski definition) is 10. The molecule has 4 aliphatic heterocycles. The Bertz CT molecular complexity index is 2060. The van der Waals surface area contributed by atoms with Gasteiger partial charge in [-0.05, 0) is 94.3 Å². The van der Waals surface area contributed by atoms with Crippen molar-refractivity contribution >= 4 is 46.0 Å². The first-order valence-electron chi connectivity index (χ1n) is 18.2. The molecule has 4 aromatic rings. The van der Waals surface area contributed by atoms with Gasteiger partial charge in [0.05, 0.1) is 46.3 Å². The largest absolute Gasteiger partial charge is 0.385 e. The summed E-state index contributed by atoms with van der Waals surface area (Å²) in [5.74, 6) is -1.36.